The van der Waals surface area contributed by atoms with Crippen molar-refractivity contribution in [1.29, 1.82) is 0 Å². The van der Waals surface area contributed by atoms with Gasteiger partial charge in [0.15, 0.2) is 0 Å². The smallest absolute Gasteiger partial charge is 0.236 e. The molecule has 5 heteroatoms. The first-order valence-corrected chi connectivity index (χ1v) is 8.60. The molecule has 22 heavy (non-hydrogen) atoms. The molecule has 0 aliphatic carbocycles. The quantitative estimate of drug-likeness (QED) is 0.780. The van der Waals surface area contributed by atoms with Crippen LogP contribution in [0, 0.1) is 11.8 Å². The fourth-order valence-corrected chi connectivity index (χ4v) is 3.90. The van der Waals surface area contributed by atoms with Crippen molar-refractivity contribution in [3.05, 3.63) is 0 Å². The largest absolute Gasteiger partial charge is 0.372 e. The van der Waals surface area contributed by atoms with E-state index in [-0.39, 0.29) is 18.1 Å². The summed E-state index contributed by atoms with van der Waals surface area (Å²) in [4.78, 5) is 19.2. The molecule has 0 spiro atoms. The van der Waals surface area contributed by atoms with Crippen molar-refractivity contribution in [3.8, 4) is 0 Å². The number of likely N-dealkylation sites (N-methyl/N-ethyl adjacent to an activating group) is 1. The van der Waals surface area contributed by atoms with E-state index in [0.717, 1.165) is 26.2 Å². The van der Waals surface area contributed by atoms with Crippen LogP contribution in [0.1, 0.15) is 27.7 Å². The first-order chi connectivity index (χ1) is 10.3. The molecule has 0 radical (unpaired) electrons. The summed E-state index contributed by atoms with van der Waals surface area (Å²) in [5, 5.41) is 0. The zero-order valence-electron chi connectivity index (χ0n) is 15.1. The average Bonchev–Trinajstić information content (AvgIpc) is 2.81. The van der Waals surface area contributed by atoms with Gasteiger partial charge >= 0.3 is 0 Å². The van der Waals surface area contributed by atoms with Gasteiger partial charge in [-0.2, -0.15) is 0 Å². The number of ether oxygens (including phenoxy) is 1. The Morgan fingerprint density at radius 3 is 2.18 bits per heavy atom. The zero-order chi connectivity index (χ0) is 16.4. The Morgan fingerprint density at radius 2 is 1.73 bits per heavy atom. The lowest BCUT2D eigenvalue weighted by atomic mass is 9.91. The number of rotatable bonds is 4. The van der Waals surface area contributed by atoms with E-state index < -0.39 is 0 Å². The summed E-state index contributed by atoms with van der Waals surface area (Å²) in [6, 6.07) is 0.551. The fraction of sp³-hybridized carbons (Fsp3) is 0.941. The van der Waals surface area contributed by atoms with Gasteiger partial charge in [-0.05, 0) is 39.8 Å². The normalized spacial score (nSPS) is 33.9. The van der Waals surface area contributed by atoms with Crippen molar-refractivity contribution in [1.82, 2.24) is 14.7 Å². The Hall–Kier alpha value is -0.650. The highest BCUT2D eigenvalue weighted by Crippen LogP contribution is 2.27. The van der Waals surface area contributed by atoms with E-state index in [4.69, 9.17) is 4.74 Å². The number of amides is 1. The predicted molar refractivity (Wildman–Crippen MR) is 88.8 cm³/mol. The van der Waals surface area contributed by atoms with Gasteiger partial charge in [0.05, 0.1) is 18.8 Å². The molecule has 0 saturated carbocycles. The Morgan fingerprint density at radius 1 is 1.14 bits per heavy atom. The van der Waals surface area contributed by atoms with Crippen LogP contribution in [0.15, 0.2) is 0 Å². The molecule has 128 valence electrons. The Bertz CT molecular complexity index is 360. The predicted octanol–water partition coefficient (Wildman–Crippen LogP) is 1.14. The minimum atomic E-state index is 0.143. The van der Waals surface area contributed by atoms with Gasteiger partial charge in [-0.25, -0.2) is 0 Å². The monoisotopic (exact) mass is 311 g/mol. The van der Waals surface area contributed by atoms with Gasteiger partial charge in [-0.1, -0.05) is 13.8 Å². The first-order valence-electron chi connectivity index (χ1n) is 8.60. The maximum Gasteiger partial charge on any atom is 0.236 e. The number of nitrogens with zero attached hydrogens (tertiary/aromatic N) is 3. The molecule has 1 amide bonds. The van der Waals surface area contributed by atoms with Crippen molar-refractivity contribution in [3.63, 3.8) is 0 Å². The minimum absolute atomic E-state index is 0.143. The van der Waals surface area contributed by atoms with E-state index in [1.54, 1.807) is 0 Å². The third-order valence-corrected chi connectivity index (χ3v) is 5.06. The van der Waals surface area contributed by atoms with Crippen LogP contribution in [0.4, 0.5) is 0 Å². The fourth-order valence-electron chi connectivity index (χ4n) is 3.90. The lowest BCUT2D eigenvalue weighted by molar-refractivity contribution is -0.144. The molecule has 0 N–H and O–H groups in total. The SMILES string of the molecule is CC(C)[C@H]1CN(CC(=O)N2C[C@@H](C)O[C@@H](C)C2)C[C@@H]1N(C)C. The van der Waals surface area contributed by atoms with E-state index in [0.29, 0.717) is 24.4 Å². The Kier molecular flexibility index (Phi) is 5.86. The molecule has 0 unspecified atom stereocenters. The van der Waals surface area contributed by atoms with E-state index in [1.165, 1.54) is 0 Å². The van der Waals surface area contributed by atoms with Crippen molar-refractivity contribution >= 4 is 5.91 Å². The van der Waals surface area contributed by atoms with Gasteiger partial charge in [-0.3, -0.25) is 9.69 Å². The highest BCUT2D eigenvalue weighted by Gasteiger charge is 2.37. The number of hydrogen-bond donors (Lipinski definition) is 0. The summed E-state index contributed by atoms with van der Waals surface area (Å²) in [6.45, 7) is 12.7. The second-order valence-corrected chi connectivity index (χ2v) is 7.69. The first kappa shape index (κ1) is 17.7. The van der Waals surface area contributed by atoms with Crippen LogP contribution in [0.5, 0.6) is 0 Å². The lowest BCUT2D eigenvalue weighted by Gasteiger charge is -2.36. The highest BCUT2D eigenvalue weighted by molar-refractivity contribution is 5.78. The van der Waals surface area contributed by atoms with Gasteiger partial charge in [0.1, 0.15) is 0 Å². The summed E-state index contributed by atoms with van der Waals surface area (Å²) < 4.78 is 5.72. The summed E-state index contributed by atoms with van der Waals surface area (Å²) in [7, 11) is 4.30. The number of hydrogen-bond acceptors (Lipinski definition) is 4. The third-order valence-electron chi connectivity index (χ3n) is 5.06. The molecular formula is C17H33N3O2. The average molecular weight is 311 g/mol. The van der Waals surface area contributed by atoms with Crippen molar-refractivity contribution in [2.24, 2.45) is 11.8 Å². The zero-order valence-corrected chi connectivity index (χ0v) is 15.1. The molecule has 5 nitrogen and oxygen atoms in total. The molecule has 0 aromatic carbocycles. The third kappa shape index (κ3) is 4.21. The Labute approximate surface area is 135 Å². The molecule has 2 heterocycles. The molecular weight excluding hydrogens is 278 g/mol. The van der Waals surface area contributed by atoms with E-state index >= 15 is 0 Å². The standard InChI is InChI=1S/C17H33N3O2/c1-12(2)15-9-19(10-16(15)18(5)6)11-17(21)20-7-13(3)22-14(4)8-20/h12-16H,7-11H2,1-6H3/t13-,14+,15-,16+/m1/s1. The number of likely N-dealkylation sites (tertiary alicyclic amines) is 1. The van der Waals surface area contributed by atoms with Gasteiger partial charge < -0.3 is 14.5 Å². The van der Waals surface area contributed by atoms with Crippen LogP contribution < -0.4 is 0 Å². The maximum absolute atomic E-state index is 12.6. The second kappa shape index (κ2) is 7.28. The number of morpholine rings is 1. The molecule has 4 atom stereocenters. The van der Waals surface area contributed by atoms with Crippen LogP contribution in [-0.2, 0) is 9.53 Å². The van der Waals surface area contributed by atoms with E-state index in [1.807, 2.05) is 18.7 Å². The van der Waals surface area contributed by atoms with Gasteiger partial charge in [0.2, 0.25) is 5.91 Å². The molecule has 0 aromatic heterocycles. The maximum atomic E-state index is 12.6. The summed E-state index contributed by atoms with van der Waals surface area (Å²) >= 11 is 0. The second-order valence-electron chi connectivity index (χ2n) is 7.69. The summed E-state index contributed by atoms with van der Waals surface area (Å²) in [5.74, 6) is 1.55. The van der Waals surface area contributed by atoms with Crippen molar-refractivity contribution in [2.45, 2.75) is 45.9 Å². The summed E-state index contributed by atoms with van der Waals surface area (Å²) in [6.07, 6.45) is 0.286. The van der Waals surface area contributed by atoms with Crippen LogP contribution in [0.25, 0.3) is 0 Å². The van der Waals surface area contributed by atoms with Gasteiger partial charge in [0.25, 0.3) is 0 Å². The van der Waals surface area contributed by atoms with Crippen LogP contribution in [-0.4, -0.2) is 85.7 Å². The van der Waals surface area contributed by atoms with Crippen LogP contribution in [0.3, 0.4) is 0 Å². The van der Waals surface area contributed by atoms with Crippen LogP contribution >= 0.6 is 0 Å². The van der Waals surface area contributed by atoms with E-state index in [9.17, 15) is 4.79 Å². The minimum Gasteiger partial charge on any atom is -0.372 e. The van der Waals surface area contributed by atoms with Gasteiger partial charge in [0, 0.05) is 32.2 Å². The van der Waals surface area contributed by atoms with Crippen molar-refractivity contribution < 1.29 is 9.53 Å². The molecule has 0 bridgehead atoms. The number of carbonyl (C=O) groups excluding carboxylic acids is 1. The highest BCUT2D eigenvalue weighted by atomic mass is 16.5. The number of carbonyl (C=O) groups is 1. The lowest BCUT2D eigenvalue weighted by Crippen LogP contribution is -2.51. The van der Waals surface area contributed by atoms with E-state index in [2.05, 4.69) is 37.7 Å². The molecule has 2 saturated heterocycles. The molecule has 2 aliphatic heterocycles. The Balaban J connectivity index is 1.92. The van der Waals surface area contributed by atoms with Crippen LogP contribution in [0.2, 0.25) is 0 Å². The molecule has 2 rings (SSSR count). The molecule has 0 aromatic rings. The van der Waals surface area contributed by atoms with Crippen molar-refractivity contribution in [2.75, 3.05) is 46.8 Å². The van der Waals surface area contributed by atoms with Gasteiger partial charge in [-0.15, -0.1) is 0 Å². The topological polar surface area (TPSA) is 36.0 Å². The molecule has 2 aliphatic rings. The molecule has 2 fully saturated rings. The summed E-state index contributed by atoms with van der Waals surface area (Å²) in [5.41, 5.74) is 0.